The number of hydrogen-bond acceptors (Lipinski definition) is 6. The number of nitrogens with zero attached hydrogens (tertiary/aromatic N) is 1. The van der Waals surface area contributed by atoms with Gasteiger partial charge in [-0.05, 0) is 41.2 Å². The second kappa shape index (κ2) is 6.11. The lowest BCUT2D eigenvalue weighted by molar-refractivity contribution is -0.229. The molecule has 22 heavy (non-hydrogen) atoms. The van der Waals surface area contributed by atoms with Gasteiger partial charge in [0.25, 0.3) is 6.29 Å². The zero-order valence-corrected chi connectivity index (χ0v) is 13.5. The number of piperidine rings is 1. The van der Waals surface area contributed by atoms with Crippen molar-refractivity contribution in [2.24, 2.45) is 5.92 Å². The summed E-state index contributed by atoms with van der Waals surface area (Å²) in [5, 5.41) is 37.5. The summed E-state index contributed by atoms with van der Waals surface area (Å²) in [5.41, 5.74) is -1.22. The monoisotopic (exact) mass is 319 g/mol. The Balaban J connectivity index is 3.22. The lowest BCUT2D eigenvalue weighted by atomic mass is 9.68. The van der Waals surface area contributed by atoms with Gasteiger partial charge in [-0.25, -0.2) is 9.59 Å². The van der Waals surface area contributed by atoms with E-state index in [2.05, 4.69) is 0 Å². The van der Waals surface area contributed by atoms with Crippen molar-refractivity contribution in [3.05, 3.63) is 0 Å². The van der Waals surface area contributed by atoms with Gasteiger partial charge in [-0.1, -0.05) is 0 Å². The summed E-state index contributed by atoms with van der Waals surface area (Å²) >= 11 is 0. The number of ether oxygens (including phenoxy) is 1. The average molecular weight is 319 g/mol. The zero-order valence-electron chi connectivity index (χ0n) is 13.5. The molecule has 1 aliphatic rings. The highest BCUT2D eigenvalue weighted by Gasteiger charge is 2.55. The van der Waals surface area contributed by atoms with Crippen molar-refractivity contribution >= 4 is 11.9 Å². The first kappa shape index (κ1) is 18.8. The molecule has 0 aromatic heterocycles. The SMILES string of the molecule is CN1C(C)(C)CC(OC(O)C(=O)O)C(C(O)C(=O)O)C1(C)C. The van der Waals surface area contributed by atoms with Gasteiger partial charge in [0, 0.05) is 17.0 Å². The molecule has 0 radical (unpaired) electrons. The fourth-order valence-electron chi connectivity index (χ4n) is 3.31. The standard InChI is InChI=1S/C14H25NO7/c1-13(2)6-7(22-12(21)11(19)20)8(9(16)10(17)18)14(3,4)15(13)5/h7-9,12,16,21H,6H2,1-5H3,(H,17,18)(H,19,20). The van der Waals surface area contributed by atoms with Gasteiger partial charge in [0.15, 0.2) is 6.10 Å². The van der Waals surface area contributed by atoms with Crippen molar-refractivity contribution in [1.29, 1.82) is 0 Å². The zero-order chi connectivity index (χ0) is 17.5. The van der Waals surface area contributed by atoms with Gasteiger partial charge in [0.05, 0.1) is 6.10 Å². The molecule has 0 aliphatic carbocycles. The third-order valence-corrected chi connectivity index (χ3v) is 4.80. The highest BCUT2D eigenvalue weighted by Crippen LogP contribution is 2.44. The number of hydrogen-bond donors (Lipinski definition) is 4. The molecule has 0 aromatic carbocycles. The first-order valence-corrected chi connectivity index (χ1v) is 7.03. The molecular weight excluding hydrogens is 294 g/mol. The molecule has 8 nitrogen and oxygen atoms in total. The molecule has 8 heteroatoms. The van der Waals surface area contributed by atoms with Gasteiger partial charge < -0.3 is 25.2 Å². The molecule has 1 rings (SSSR count). The lowest BCUT2D eigenvalue weighted by Gasteiger charge is -2.58. The molecule has 0 amide bonds. The quantitative estimate of drug-likeness (QED) is 0.510. The molecule has 1 aliphatic heterocycles. The van der Waals surface area contributed by atoms with Crippen molar-refractivity contribution in [2.45, 2.75) is 63.7 Å². The van der Waals surface area contributed by atoms with Gasteiger partial charge in [-0.2, -0.15) is 0 Å². The molecule has 0 spiro atoms. The Kier molecular flexibility index (Phi) is 5.23. The van der Waals surface area contributed by atoms with Crippen LogP contribution < -0.4 is 0 Å². The van der Waals surface area contributed by atoms with Crippen LogP contribution in [0, 0.1) is 5.92 Å². The Labute approximate surface area is 129 Å². The highest BCUT2D eigenvalue weighted by atomic mass is 16.6. The van der Waals surface area contributed by atoms with E-state index >= 15 is 0 Å². The summed E-state index contributed by atoms with van der Waals surface area (Å²) in [6, 6.07) is 0. The van der Waals surface area contributed by atoms with Crippen LogP contribution in [0.4, 0.5) is 0 Å². The second-order valence-electron chi connectivity index (χ2n) is 6.90. The molecule has 1 heterocycles. The van der Waals surface area contributed by atoms with Crippen LogP contribution >= 0.6 is 0 Å². The molecule has 1 fully saturated rings. The van der Waals surface area contributed by atoms with Crippen molar-refractivity contribution in [1.82, 2.24) is 4.90 Å². The minimum Gasteiger partial charge on any atom is -0.479 e. The Morgan fingerprint density at radius 3 is 2.05 bits per heavy atom. The Bertz CT molecular complexity index is 448. The average Bonchev–Trinajstić information content (AvgIpc) is 2.35. The fraction of sp³-hybridized carbons (Fsp3) is 0.857. The molecule has 4 N–H and O–H groups in total. The molecule has 0 bridgehead atoms. The van der Waals surface area contributed by atoms with Crippen molar-refractivity contribution in [2.75, 3.05) is 7.05 Å². The van der Waals surface area contributed by atoms with Gasteiger partial charge >= 0.3 is 11.9 Å². The van der Waals surface area contributed by atoms with E-state index in [-0.39, 0.29) is 6.42 Å². The van der Waals surface area contributed by atoms with Crippen LogP contribution in [0.3, 0.4) is 0 Å². The molecule has 4 unspecified atom stereocenters. The number of aliphatic hydroxyl groups excluding tert-OH is 2. The van der Waals surface area contributed by atoms with E-state index in [4.69, 9.17) is 14.9 Å². The molecule has 128 valence electrons. The minimum atomic E-state index is -2.07. The van der Waals surface area contributed by atoms with E-state index in [0.29, 0.717) is 0 Å². The number of aliphatic hydroxyl groups is 2. The Morgan fingerprint density at radius 2 is 1.64 bits per heavy atom. The lowest BCUT2D eigenvalue weighted by Crippen LogP contribution is -2.68. The Morgan fingerprint density at radius 1 is 1.14 bits per heavy atom. The number of likely N-dealkylation sites (tertiary alicyclic amines) is 1. The predicted molar refractivity (Wildman–Crippen MR) is 76.2 cm³/mol. The van der Waals surface area contributed by atoms with E-state index < -0.39 is 47.4 Å². The molecule has 1 saturated heterocycles. The van der Waals surface area contributed by atoms with Gasteiger partial charge in [0.1, 0.15) is 0 Å². The van der Waals surface area contributed by atoms with E-state index in [0.717, 1.165) is 0 Å². The number of rotatable bonds is 5. The van der Waals surface area contributed by atoms with Gasteiger partial charge in [-0.3, -0.25) is 4.90 Å². The van der Waals surface area contributed by atoms with E-state index in [1.165, 1.54) is 0 Å². The maximum Gasteiger partial charge on any atom is 0.360 e. The van der Waals surface area contributed by atoms with Crippen LogP contribution in [0.1, 0.15) is 34.1 Å². The summed E-state index contributed by atoms with van der Waals surface area (Å²) in [6.45, 7) is 7.33. The van der Waals surface area contributed by atoms with Gasteiger partial charge in [-0.15, -0.1) is 0 Å². The summed E-state index contributed by atoms with van der Waals surface area (Å²) in [6.07, 6.45) is -4.45. The predicted octanol–water partition coefficient (Wildman–Crippen LogP) is -0.271. The van der Waals surface area contributed by atoms with E-state index in [1.807, 2.05) is 25.8 Å². The van der Waals surface area contributed by atoms with E-state index in [1.54, 1.807) is 13.8 Å². The third kappa shape index (κ3) is 3.40. The van der Waals surface area contributed by atoms with E-state index in [9.17, 15) is 19.8 Å². The minimum absolute atomic E-state index is 0.270. The number of carbonyl (C=O) groups is 2. The maximum absolute atomic E-state index is 11.2. The summed E-state index contributed by atoms with van der Waals surface area (Å²) < 4.78 is 5.16. The van der Waals surface area contributed by atoms with Crippen molar-refractivity contribution in [3.63, 3.8) is 0 Å². The Hall–Kier alpha value is -1.22. The summed E-state index contributed by atoms with van der Waals surface area (Å²) in [4.78, 5) is 24.0. The second-order valence-corrected chi connectivity index (χ2v) is 6.90. The number of carboxylic acids is 2. The molecule has 4 atom stereocenters. The smallest absolute Gasteiger partial charge is 0.360 e. The van der Waals surface area contributed by atoms with Crippen LogP contribution in [0.15, 0.2) is 0 Å². The first-order valence-electron chi connectivity index (χ1n) is 7.03. The number of carboxylic acid groups (broad SMARTS) is 2. The molecule has 0 aromatic rings. The number of aliphatic carboxylic acids is 2. The van der Waals surface area contributed by atoms with Crippen LogP contribution in [-0.4, -0.2) is 73.9 Å². The maximum atomic E-state index is 11.2. The largest absolute Gasteiger partial charge is 0.479 e. The van der Waals surface area contributed by atoms with Gasteiger partial charge in [0.2, 0.25) is 0 Å². The first-order chi connectivity index (χ1) is 9.82. The fourth-order valence-corrected chi connectivity index (χ4v) is 3.31. The molecule has 0 saturated carbocycles. The van der Waals surface area contributed by atoms with Crippen LogP contribution in [0.25, 0.3) is 0 Å². The topological polar surface area (TPSA) is 128 Å². The van der Waals surface area contributed by atoms with Crippen molar-refractivity contribution < 1.29 is 34.8 Å². The molecular formula is C14H25NO7. The third-order valence-electron chi connectivity index (χ3n) is 4.80. The normalized spacial score (nSPS) is 30.5. The van der Waals surface area contributed by atoms with Crippen LogP contribution in [0.2, 0.25) is 0 Å². The summed E-state index contributed by atoms with van der Waals surface area (Å²) in [7, 11) is 1.81. The van der Waals surface area contributed by atoms with Crippen molar-refractivity contribution in [3.8, 4) is 0 Å². The highest BCUT2D eigenvalue weighted by molar-refractivity contribution is 5.73. The summed E-state index contributed by atoms with van der Waals surface area (Å²) in [5.74, 6) is -3.88. The van der Waals surface area contributed by atoms with Crippen LogP contribution in [0.5, 0.6) is 0 Å². The van der Waals surface area contributed by atoms with Crippen LogP contribution in [-0.2, 0) is 14.3 Å².